The van der Waals surface area contributed by atoms with Crippen LogP contribution in [0.4, 0.5) is 0 Å². The molecule has 1 aromatic rings. The third-order valence-electron chi connectivity index (χ3n) is 3.73. The molecule has 0 aliphatic carbocycles. The summed E-state index contributed by atoms with van der Waals surface area (Å²) in [6.07, 6.45) is 1.75. The van der Waals surface area contributed by atoms with Crippen molar-refractivity contribution in [2.45, 2.75) is 53.4 Å². The fraction of sp³-hybridized carbons (Fsp3) is 0.500. The lowest BCUT2D eigenvalue weighted by Crippen LogP contribution is -2.41. The molecule has 1 unspecified atom stereocenters. The van der Waals surface area contributed by atoms with Crippen molar-refractivity contribution in [2.24, 2.45) is 5.92 Å². The number of hydrogen-bond acceptors (Lipinski definition) is 3. The Bertz CT molecular complexity index is 563. The maximum Gasteiger partial charge on any atom is 0.230 e. The molecule has 0 saturated carbocycles. The van der Waals surface area contributed by atoms with Crippen LogP contribution < -0.4 is 5.32 Å². The summed E-state index contributed by atoms with van der Waals surface area (Å²) in [5.74, 6) is -0.967. The van der Waals surface area contributed by atoms with E-state index < -0.39 is 0 Å². The maximum absolute atomic E-state index is 12.4. The Kier molecular flexibility index (Phi) is 6.96. The molecule has 1 saturated heterocycles. The zero-order valence-corrected chi connectivity index (χ0v) is 13.9. The predicted octanol–water partition coefficient (Wildman–Crippen LogP) is 3.21. The van der Waals surface area contributed by atoms with Gasteiger partial charge in [0.2, 0.25) is 11.8 Å². The van der Waals surface area contributed by atoms with Crippen LogP contribution in [0.3, 0.4) is 0 Å². The van der Waals surface area contributed by atoms with Crippen LogP contribution >= 0.6 is 0 Å². The van der Waals surface area contributed by atoms with Crippen LogP contribution in [0.5, 0.6) is 0 Å². The van der Waals surface area contributed by atoms with E-state index in [2.05, 4.69) is 5.32 Å². The summed E-state index contributed by atoms with van der Waals surface area (Å²) in [6.45, 7) is 8.01. The van der Waals surface area contributed by atoms with Gasteiger partial charge in [0.25, 0.3) is 0 Å². The summed E-state index contributed by atoms with van der Waals surface area (Å²) in [5, 5.41) is 2.29. The van der Waals surface area contributed by atoms with Crippen molar-refractivity contribution in [1.29, 1.82) is 0 Å². The average Bonchev–Trinajstić information content (AvgIpc) is 2.51. The summed E-state index contributed by atoms with van der Waals surface area (Å²) >= 11 is 0. The molecular weight excluding hydrogens is 278 g/mol. The van der Waals surface area contributed by atoms with Gasteiger partial charge in [0, 0.05) is 24.3 Å². The van der Waals surface area contributed by atoms with Crippen LogP contribution in [0.15, 0.2) is 18.2 Å². The Morgan fingerprint density at radius 1 is 1.27 bits per heavy atom. The van der Waals surface area contributed by atoms with E-state index in [4.69, 9.17) is 0 Å². The van der Waals surface area contributed by atoms with E-state index in [1.54, 1.807) is 0 Å². The molecule has 1 N–H and O–H groups in total. The normalized spacial score (nSPS) is 17.4. The van der Waals surface area contributed by atoms with E-state index >= 15 is 0 Å². The molecule has 0 radical (unpaired) electrons. The van der Waals surface area contributed by atoms with Gasteiger partial charge >= 0.3 is 0 Å². The molecule has 1 aliphatic rings. The van der Waals surface area contributed by atoms with E-state index in [0.29, 0.717) is 18.4 Å². The van der Waals surface area contributed by atoms with Gasteiger partial charge in [-0.05, 0) is 25.3 Å². The standard InChI is InChI=1S/C16H19NO3.C2H6/c1-3-11-8-10(2)4-6-13(11)14(18)9-12-5-7-15(19)17-16(12)20;1-2/h4,6,8,12H,3,5,7,9H2,1-2H3,(H,17,19,20);1-2H3. The van der Waals surface area contributed by atoms with Crippen molar-refractivity contribution >= 4 is 17.6 Å². The summed E-state index contributed by atoms with van der Waals surface area (Å²) in [6, 6.07) is 5.76. The first kappa shape index (κ1) is 18.1. The minimum atomic E-state index is -0.383. The fourth-order valence-electron chi connectivity index (χ4n) is 2.55. The first-order valence-corrected chi connectivity index (χ1v) is 7.97. The van der Waals surface area contributed by atoms with Crippen molar-refractivity contribution in [3.63, 3.8) is 0 Å². The SMILES string of the molecule is CC.CCc1cc(C)ccc1C(=O)CC1CCC(=O)NC1=O. The number of amides is 2. The summed E-state index contributed by atoms with van der Waals surface area (Å²) in [7, 11) is 0. The Morgan fingerprint density at radius 3 is 2.55 bits per heavy atom. The molecule has 0 spiro atoms. The lowest BCUT2D eigenvalue weighted by atomic mass is 9.89. The fourth-order valence-corrected chi connectivity index (χ4v) is 2.55. The second kappa shape index (κ2) is 8.47. The number of aryl methyl sites for hydroxylation is 2. The average molecular weight is 303 g/mol. The van der Waals surface area contributed by atoms with Gasteiger partial charge in [0.05, 0.1) is 0 Å². The highest BCUT2D eigenvalue weighted by atomic mass is 16.2. The Morgan fingerprint density at radius 2 is 1.95 bits per heavy atom. The number of Topliss-reactive ketones (excluding diaryl/α,β-unsaturated/α-hetero) is 1. The van der Waals surface area contributed by atoms with Crippen molar-refractivity contribution < 1.29 is 14.4 Å². The highest BCUT2D eigenvalue weighted by Gasteiger charge is 2.29. The molecule has 2 rings (SSSR count). The number of nitrogens with one attached hydrogen (secondary N) is 1. The van der Waals surface area contributed by atoms with E-state index in [0.717, 1.165) is 17.5 Å². The topological polar surface area (TPSA) is 63.2 Å². The van der Waals surface area contributed by atoms with Gasteiger partial charge in [0.1, 0.15) is 0 Å². The van der Waals surface area contributed by atoms with Gasteiger partial charge in [-0.15, -0.1) is 0 Å². The molecule has 4 nitrogen and oxygen atoms in total. The Hall–Kier alpha value is -1.97. The van der Waals surface area contributed by atoms with Crippen LogP contribution in [0.1, 0.15) is 61.5 Å². The van der Waals surface area contributed by atoms with Crippen LogP contribution in [-0.2, 0) is 16.0 Å². The highest BCUT2D eigenvalue weighted by molar-refractivity contribution is 6.03. The minimum Gasteiger partial charge on any atom is -0.296 e. The number of benzene rings is 1. The quantitative estimate of drug-likeness (QED) is 0.686. The van der Waals surface area contributed by atoms with Gasteiger partial charge in [0.15, 0.2) is 5.78 Å². The van der Waals surface area contributed by atoms with Crippen LogP contribution in [-0.4, -0.2) is 17.6 Å². The van der Waals surface area contributed by atoms with E-state index in [-0.39, 0.29) is 29.9 Å². The third kappa shape index (κ3) is 4.52. The molecule has 1 aliphatic heterocycles. The molecule has 2 amide bonds. The molecule has 120 valence electrons. The van der Waals surface area contributed by atoms with Crippen molar-refractivity contribution in [1.82, 2.24) is 5.32 Å². The number of carbonyl (C=O) groups excluding carboxylic acids is 3. The molecule has 4 heteroatoms. The zero-order chi connectivity index (χ0) is 16.7. The Labute approximate surface area is 132 Å². The number of carbonyl (C=O) groups is 3. The molecule has 0 bridgehead atoms. The minimum absolute atomic E-state index is 0.0173. The lowest BCUT2D eigenvalue weighted by Gasteiger charge is -2.20. The molecular formula is C18H25NO3. The summed E-state index contributed by atoms with van der Waals surface area (Å²) in [4.78, 5) is 35.2. The second-order valence-corrected chi connectivity index (χ2v) is 5.29. The van der Waals surface area contributed by atoms with Crippen LogP contribution in [0, 0.1) is 12.8 Å². The molecule has 1 atom stereocenters. The van der Waals surface area contributed by atoms with Crippen molar-refractivity contribution in [3.8, 4) is 0 Å². The first-order chi connectivity index (χ1) is 10.5. The van der Waals surface area contributed by atoms with E-state index in [1.807, 2.05) is 45.9 Å². The van der Waals surface area contributed by atoms with Gasteiger partial charge in [-0.2, -0.15) is 0 Å². The van der Waals surface area contributed by atoms with Crippen LogP contribution in [0.25, 0.3) is 0 Å². The first-order valence-electron chi connectivity index (χ1n) is 7.97. The summed E-state index contributed by atoms with van der Waals surface area (Å²) < 4.78 is 0. The monoisotopic (exact) mass is 303 g/mol. The highest BCUT2D eigenvalue weighted by Crippen LogP contribution is 2.21. The van der Waals surface area contributed by atoms with Gasteiger partial charge in [-0.25, -0.2) is 0 Å². The zero-order valence-electron chi connectivity index (χ0n) is 13.9. The van der Waals surface area contributed by atoms with Gasteiger partial charge in [-0.1, -0.05) is 44.5 Å². The van der Waals surface area contributed by atoms with E-state index in [9.17, 15) is 14.4 Å². The number of ketones is 1. The number of rotatable bonds is 4. The third-order valence-corrected chi connectivity index (χ3v) is 3.73. The number of imide groups is 1. The van der Waals surface area contributed by atoms with Crippen molar-refractivity contribution in [2.75, 3.05) is 0 Å². The number of piperidine rings is 1. The Balaban J connectivity index is 0.00000116. The molecule has 1 fully saturated rings. The smallest absolute Gasteiger partial charge is 0.230 e. The van der Waals surface area contributed by atoms with E-state index in [1.165, 1.54) is 0 Å². The predicted molar refractivity (Wildman–Crippen MR) is 86.7 cm³/mol. The maximum atomic E-state index is 12.4. The second-order valence-electron chi connectivity index (χ2n) is 5.29. The van der Waals surface area contributed by atoms with Gasteiger partial charge in [-0.3, -0.25) is 19.7 Å². The molecule has 1 heterocycles. The number of hydrogen-bond donors (Lipinski definition) is 1. The van der Waals surface area contributed by atoms with Crippen LogP contribution in [0.2, 0.25) is 0 Å². The summed E-state index contributed by atoms with van der Waals surface area (Å²) in [5.41, 5.74) is 2.84. The largest absolute Gasteiger partial charge is 0.296 e. The van der Waals surface area contributed by atoms with Gasteiger partial charge < -0.3 is 0 Å². The molecule has 0 aromatic heterocycles. The lowest BCUT2D eigenvalue weighted by molar-refractivity contribution is -0.136. The molecule has 1 aromatic carbocycles. The van der Waals surface area contributed by atoms with Crippen molar-refractivity contribution in [3.05, 3.63) is 34.9 Å². The molecule has 22 heavy (non-hydrogen) atoms.